The number of carbonyl (C=O) groups is 1. The monoisotopic (exact) mass is 435 g/mol. The maximum absolute atomic E-state index is 15.0. The number of pyridine rings is 1. The molecule has 5 rings (SSSR count). The molecule has 2 N–H and O–H groups in total. The zero-order chi connectivity index (χ0) is 22.2. The number of carbonyl (C=O) groups excluding carboxylic acids is 1. The van der Waals surface area contributed by atoms with E-state index < -0.39 is 17.2 Å². The lowest BCUT2D eigenvalue weighted by Gasteiger charge is -2.30. The molecule has 1 aliphatic rings. The summed E-state index contributed by atoms with van der Waals surface area (Å²) in [6, 6.07) is 4.69. The zero-order valence-corrected chi connectivity index (χ0v) is 17.5. The molecule has 0 saturated carbocycles. The van der Waals surface area contributed by atoms with Crippen LogP contribution in [0.3, 0.4) is 0 Å². The van der Waals surface area contributed by atoms with Crippen molar-refractivity contribution in [3.8, 4) is 0 Å². The van der Waals surface area contributed by atoms with Gasteiger partial charge in [-0.3, -0.25) is 9.59 Å². The highest BCUT2D eigenvalue weighted by Crippen LogP contribution is 2.26. The molecule has 1 fully saturated rings. The standard InChI is InChI=1S/C22H22FN7O2/c1-2-28-13-16(22(32)27-14-11-25-20-3-4-26-30(20)12-14)21(31)15-9-17(23)19(10-18(15)28)29-7-5-24-6-8-29/h3-4,9-13,24H,2,5-8H2,1H3,(H,27,32). The van der Waals surface area contributed by atoms with Gasteiger partial charge in [-0.15, -0.1) is 0 Å². The summed E-state index contributed by atoms with van der Waals surface area (Å²) in [5.74, 6) is -1.05. The molecule has 9 nitrogen and oxygen atoms in total. The van der Waals surface area contributed by atoms with Crippen LogP contribution >= 0.6 is 0 Å². The molecule has 1 amide bonds. The topological polar surface area (TPSA) is 96.6 Å². The summed E-state index contributed by atoms with van der Waals surface area (Å²) in [6.45, 7) is 5.36. The molecule has 0 spiro atoms. The molecule has 10 heteroatoms. The first-order chi connectivity index (χ1) is 15.5. The lowest BCUT2D eigenvalue weighted by molar-refractivity contribution is 0.102. The fraction of sp³-hybridized carbons (Fsp3) is 0.273. The van der Waals surface area contributed by atoms with E-state index >= 15 is 0 Å². The van der Waals surface area contributed by atoms with Crippen LogP contribution in [0.25, 0.3) is 16.6 Å². The van der Waals surface area contributed by atoms with Crippen LogP contribution in [0.15, 0.2) is 47.8 Å². The fourth-order valence-electron chi connectivity index (χ4n) is 4.04. The number of anilines is 2. The maximum atomic E-state index is 15.0. The van der Waals surface area contributed by atoms with Gasteiger partial charge < -0.3 is 20.1 Å². The third-order valence-corrected chi connectivity index (χ3v) is 5.70. The summed E-state index contributed by atoms with van der Waals surface area (Å²) >= 11 is 0. The molecule has 4 aromatic rings. The number of rotatable bonds is 4. The van der Waals surface area contributed by atoms with Crippen molar-refractivity contribution in [1.29, 1.82) is 0 Å². The van der Waals surface area contributed by atoms with Crippen LogP contribution in [0.5, 0.6) is 0 Å². The van der Waals surface area contributed by atoms with Gasteiger partial charge in [-0.1, -0.05) is 0 Å². The summed E-state index contributed by atoms with van der Waals surface area (Å²) in [5, 5.41) is 10.2. The van der Waals surface area contributed by atoms with Gasteiger partial charge in [0, 0.05) is 50.4 Å². The van der Waals surface area contributed by atoms with Crippen molar-refractivity contribution >= 4 is 33.8 Å². The molecule has 164 valence electrons. The molecule has 1 aliphatic heterocycles. The van der Waals surface area contributed by atoms with Crippen molar-refractivity contribution in [2.45, 2.75) is 13.5 Å². The largest absolute Gasteiger partial charge is 0.367 e. The minimum atomic E-state index is -0.584. The van der Waals surface area contributed by atoms with Crippen LogP contribution in [-0.2, 0) is 6.54 Å². The Morgan fingerprint density at radius 1 is 1.25 bits per heavy atom. The van der Waals surface area contributed by atoms with Crippen LogP contribution in [0.4, 0.5) is 15.8 Å². The van der Waals surface area contributed by atoms with Crippen molar-refractivity contribution in [1.82, 2.24) is 24.5 Å². The van der Waals surface area contributed by atoms with Gasteiger partial charge in [0.2, 0.25) is 5.43 Å². The molecule has 0 atom stereocenters. The number of nitrogens with zero attached hydrogens (tertiary/aromatic N) is 5. The zero-order valence-electron chi connectivity index (χ0n) is 17.5. The predicted molar refractivity (Wildman–Crippen MR) is 120 cm³/mol. The molecule has 1 saturated heterocycles. The Kier molecular flexibility index (Phi) is 5.06. The van der Waals surface area contributed by atoms with Crippen molar-refractivity contribution in [3.05, 3.63) is 64.6 Å². The van der Waals surface area contributed by atoms with Crippen LogP contribution < -0.4 is 21.0 Å². The lowest BCUT2D eigenvalue weighted by atomic mass is 10.1. The third kappa shape index (κ3) is 3.48. The molecule has 0 bridgehead atoms. The van der Waals surface area contributed by atoms with Gasteiger partial charge in [0.1, 0.15) is 11.4 Å². The van der Waals surface area contributed by atoms with Gasteiger partial charge in [-0.25, -0.2) is 13.9 Å². The van der Waals surface area contributed by atoms with E-state index in [-0.39, 0.29) is 10.9 Å². The molecule has 1 aromatic carbocycles. The summed E-state index contributed by atoms with van der Waals surface area (Å²) < 4.78 is 18.3. The molecule has 0 radical (unpaired) electrons. The Balaban J connectivity index is 1.55. The van der Waals surface area contributed by atoms with E-state index in [1.54, 1.807) is 29.1 Å². The fourth-order valence-corrected chi connectivity index (χ4v) is 4.04. The summed E-state index contributed by atoms with van der Waals surface area (Å²) in [7, 11) is 0. The number of aromatic nitrogens is 4. The van der Waals surface area contributed by atoms with Gasteiger partial charge in [0.05, 0.1) is 35.5 Å². The second kappa shape index (κ2) is 8.04. The Labute approximate surface area is 182 Å². The Hall–Kier alpha value is -3.79. The minimum Gasteiger partial charge on any atom is -0.367 e. The Morgan fingerprint density at radius 2 is 2.06 bits per heavy atom. The van der Waals surface area contributed by atoms with Crippen molar-refractivity contribution in [2.75, 3.05) is 36.4 Å². The van der Waals surface area contributed by atoms with Gasteiger partial charge in [0.25, 0.3) is 5.91 Å². The van der Waals surface area contributed by atoms with Crippen molar-refractivity contribution in [3.63, 3.8) is 0 Å². The number of nitrogens with one attached hydrogen (secondary N) is 2. The smallest absolute Gasteiger partial charge is 0.261 e. The number of benzene rings is 1. The van der Waals surface area contributed by atoms with Crippen molar-refractivity contribution < 1.29 is 9.18 Å². The van der Waals surface area contributed by atoms with E-state index in [2.05, 4.69) is 20.7 Å². The minimum absolute atomic E-state index is 0.0609. The molecule has 3 aromatic heterocycles. The second-order valence-corrected chi connectivity index (χ2v) is 7.65. The SMILES string of the molecule is CCn1cc(C(=O)Nc2cnc3ccnn3c2)c(=O)c2cc(F)c(N3CCNCC3)cc21. The van der Waals surface area contributed by atoms with E-state index in [1.807, 2.05) is 11.8 Å². The highest BCUT2D eigenvalue weighted by molar-refractivity contribution is 6.05. The van der Waals surface area contributed by atoms with E-state index in [0.717, 1.165) is 13.1 Å². The first-order valence-corrected chi connectivity index (χ1v) is 10.5. The molecular formula is C22H22FN7O2. The number of fused-ring (bicyclic) bond motifs is 2. The van der Waals surface area contributed by atoms with Crippen LogP contribution in [0.2, 0.25) is 0 Å². The Morgan fingerprint density at radius 3 is 2.84 bits per heavy atom. The van der Waals surface area contributed by atoms with Crippen LogP contribution in [-0.4, -0.2) is 51.3 Å². The molecular weight excluding hydrogens is 413 g/mol. The van der Waals surface area contributed by atoms with Crippen LogP contribution in [0, 0.1) is 5.82 Å². The number of piperazine rings is 1. The van der Waals surface area contributed by atoms with Gasteiger partial charge >= 0.3 is 0 Å². The van der Waals surface area contributed by atoms with Crippen LogP contribution in [0.1, 0.15) is 17.3 Å². The number of aryl methyl sites for hydroxylation is 1. The van der Waals surface area contributed by atoms with Crippen molar-refractivity contribution in [2.24, 2.45) is 0 Å². The first-order valence-electron chi connectivity index (χ1n) is 10.5. The second-order valence-electron chi connectivity index (χ2n) is 7.65. The van der Waals surface area contributed by atoms with Gasteiger partial charge in [-0.2, -0.15) is 5.10 Å². The average molecular weight is 435 g/mol. The van der Waals surface area contributed by atoms with E-state index in [0.29, 0.717) is 42.2 Å². The van der Waals surface area contributed by atoms with E-state index in [4.69, 9.17) is 0 Å². The summed E-state index contributed by atoms with van der Waals surface area (Å²) in [4.78, 5) is 32.2. The third-order valence-electron chi connectivity index (χ3n) is 5.70. The average Bonchev–Trinajstić information content (AvgIpc) is 3.28. The number of hydrogen-bond donors (Lipinski definition) is 2. The highest BCUT2D eigenvalue weighted by atomic mass is 19.1. The van der Waals surface area contributed by atoms with Gasteiger partial charge in [-0.05, 0) is 19.1 Å². The van der Waals surface area contributed by atoms with Gasteiger partial charge in [0.15, 0.2) is 5.65 Å². The van der Waals surface area contributed by atoms with E-state index in [9.17, 15) is 14.0 Å². The summed E-state index contributed by atoms with van der Waals surface area (Å²) in [6.07, 6.45) is 6.23. The summed E-state index contributed by atoms with van der Waals surface area (Å²) in [5.41, 5.74) is 1.53. The van der Waals surface area contributed by atoms with E-state index in [1.165, 1.54) is 23.0 Å². The number of amides is 1. The highest BCUT2D eigenvalue weighted by Gasteiger charge is 2.20. The normalized spacial score (nSPS) is 14.2. The molecule has 0 aliphatic carbocycles. The predicted octanol–water partition coefficient (Wildman–Crippen LogP) is 1.87. The number of halogens is 1. The molecule has 0 unspecified atom stereocenters. The molecule has 32 heavy (non-hydrogen) atoms. The quantitative estimate of drug-likeness (QED) is 0.508. The maximum Gasteiger partial charge on any atom is 0.261 e. The number of hydrogen-bond acceptors (Lipinski definition) is 6. The molecule has 4 heterocycles. The Bertz CT molecular complexity index is 1390. The lowest BCUT2D eigenvalue weighted by Crippen LogP contribution is -2.43. The first kappa shape index (κ1) is 20.1.